The highest BCUT2D eigenvalue weighted by atomic mass is 16.3. The Bertz CT molecular complexity index is 791. The minimum Gasteiger partial charge on any atom is -0.390 e. The van der Waals surface area contributed by atoms with E-state index in [0.717, 1.165) is 38.5 Å². The van der Waals surface area contributed by atoms with Crippen LogP contribution in [0.3, 0.4) is 0 Å². The van der Waals surface area contributed by atoms with E-state index in [1.807, 2.05) is 0 Å². The first kappa shape index (κ1) is 17.7. The maximum atomic E-state index is 13.1. The second kappa shape index (κ2) is 5.91. The molecule has 1 aromatic rings. The standard InChI is InChI=1S/C20H29N3O3/c1-3-18-7-14-8-19(10-18,12-20(26,9-14)11-18)17(25)21-5-4-15-6-16(24)23-13(2)22-15/h6,14,26H,3-5,7-12H2,1-2H3,(H,21,25)(H,22,23,24)/t14-,18-,19+,20+/m0/s1. The highest BCUT2D eigenvalue weighted by molar-refractivity contribution is 5.83. The Hall–Kier alpha value is -1.69. The number of nitrogens with one attached hydrogen (secondary N) is 2. The summed E-state index contributed by atoms with van der Waals surface area (Å²) in [5.41, 5.74) is -0.399. The molecule has 0 unspecified atom stereocenters. The summed E-state index contributed by atoms with van der Waals surface area (Å²) in [7, 11) is 0. The maximum Gasteiger partial charge on any atom is 0.251 e. The third-order valence-corrected chi connectivity index (χ3v) is 6.97. The Balaban J connectivity index is 1.45. The summed E-state index contributed by atoms with van der Waals surface area (Å²) in [6.07, 6.45) is 6.88. The van der Waals surface area contributed by atoms with Crippen LogP contribution in [0.25, 0.3) is 0 Å². The molecule has 0 saturated heterocycles. The normalized spacial score (nSPS) is 37.7. The van der Waals surface area contributed by atoms with Gasteiger partial charge in [0, 0.05) is 24.7 Å². The fourth-order valence-corrected chi connectivity index (χ4v) is 6.49. The van der Waals surface area contributed by atoms with E-state index in [2.05, 4.69) is 22.2 Å². The van der Waals surface area contributed by atoms with E-state index in [9.17, 15) is 14.7 Å². The van der Waals surface area contributed by atoms with Gasteiger partial charge in [-0.1, -0.05) is 13.3 Å². The summed E-state index contributed by atoms with van der Waals surface area (Å²) in [5.74, 6) is 1.14. The summed E-state index contributed by atoms with van der Waals surface area (Å²) in [5, 5.41) is 14.1. The maximum absolute atomic E-state index is 13.1. The average Bonchev–Trinajstić information content (AvgIpc) is 2.51. The number of aromatic amines is 1. The van der Waals surface area contributed by atoms with E-state index < -0.39 is 11.0 Å². The number of hydrogen-bond acceptors (Lipinski definition) is 4. The number of aryl methyl sites for hydroxylation is 1. The lowest BCUT2D eigenvalue weighted by atomic mass is 9.42. The van der Waals surface area contributed by atoms with Crippen LogP contribution in [0.15, 0.2) is 10.9 Å². The van der Waals surface area contributed by atoms with Crippen LogP contribution in [0.2, 0.25) is 0 Å². The molecule has 4 fully saturated rings. The number of nitrogens with zero attached hydrogens (tertiary/aromatic N) is 1. The number of aromatic nitrogens is 2. The molecule has 26 heavy (non-hydrogen) atoms. The van der Waals surface area contributed by atoms with Crippen LogP contribution in [0.5, 0.6) is 0 Å². The lowest BCUT2D eigenvalue weighted by Crippen LogP contribution is -2.63. The van der Waals surface area contributed by atoms with E-state index in [1.165, 1.54) is 6.07 Å². The van der Waals surface area contributed by atoms with Crippen LogP contribution in [-0.2, 0) is 11.2 Å². The van der Waals surface area contributed by atoms with Gasteiger partial charge in [0.2, 0.25) is 5.91 Å². The van der Waals surface area contributed by atoms with E-state index in [0.29, 0.717) is 36.8 Å². The van der Waals surface area contributed by atoms with Gasteiger partial charge in [0.1, 0.15) is 5.82 Å². The Labute approximate surface area is 153 Å². The molecule has 6 heteroatoms. The number of amides is 1. The predicted molar refractivity (Wildman–Crippen MR) is 97.6 cm³/mol. The van der Waals surface area contributed by atoms with Crippen molar-refractivity contribution < 1.29 is 9.90 Å². The number of rotatable bonds is 5. The number of carbonyl (C=O) groups excluding carboxylic acids is 1. The van der Waals surface area contributed by atoms with Gasteiger partial charge in [0.25, 0.3) is 5.56 Å². The van der Waals surface area contributed by atoms with Gasteiger partial charge in [0.05, 0.1) is 11.0 Å². The lowest BCUT2D eigenvalue weighted by molar-refractivity contribution is -0.204. The van der Waals surface area contributed by atoms with Gasteiger partial charge in [-0.3, -0.25) is 9.59 Å². The molecule has 1 amide bonds. The van der Waals surface area contributed by atoms with Gasteiger partial charge in [0.15, 0.2) is 0 Å². The van der Waals surface area contributed by atoms with Gasteiger partial charge >= 0.3 is 0 Å². The third kappa shape index (κ3) is 2.98. The SMILES string of the molecule is CC[C@@]12C[C@@H]3C[C@@](O)(C1)C[C@@](C(=O)NCCc1cc(=O)[nH]c(C)n1)(C3)C2. The molecule has 5 rings (SSSR count). The third-order valence-electron chi connectivity index (χ3n) is 6.97. The second-order valence-corrected chi connectivity index (χ2v) is 9.19. The zero-order valence-corrected chi connectivity index (χ0v) is 15.7. The highest BCUT2D eigenvalue weighted by Crippen LogP contribution is 2.67. The molecule has 4 aliphatic carbocycles. The molecule has 3 N–H and O–H groups in total. The molecule has 1 heterocycles. The first-order valence-electron chi connectivity index (χ1n) is 9.83. The zero-order chi connectivity index (χ0) is 18.6. The predicted octanol–water partition coefficient (Wildman–Crippen LogP) is 1.85. The van der Waals surface area contributed by atoms with Crippen molar-refractivity contribution in [2.75, 3.05) is 6.54 Å². The molecule has 1 aromatic heterocycles. The molecule has 4 saturated carbocycles. The number of hydrogen-bond donors (Lipinski definition) is 3. The molecular formula is C20H29N3O3. The molecule has 4 bridgehead atoms. The van der Waals surface area contributed by atoms with Gasteiger partial charge in [-0.2, -0.15) is 0 Å². The van der Waals surface area contributed by atoms with Crippen molar-refractivity contribution in [2.45, 2.75) is 70.8 Å². The van der Waals surface area contributed by atoms with E-state index in [4.69, 9.17) is 0 Å². The summed E-state index contributed by atoms with van der Waals surface area (Å²) in [4.78, 5) is 31.6. The van der Waals surface area contributed by atoms with Crippen molar-refractivity contribution in [3.05, 3.63) is 27.9 Å². The fraction of sp³-hybridized carbons (Fsp3) is 0.750. The summed E-state index contributed by atoms with van der Waals surface area (Å²) < 4.78 is 0. The van der Waals surface area contributed by atoms with Crippen LogP contribution in [0, 0.1) is 23.7 Å². The topological polar surface area (TPSA) is 95.1 Å². The van der Waals surface area contributed by atoms with Crippen molar-refractivity contribution in [1.29, 1.82) is 0 Å². The molecule has 0 spiro atoms. The molecule has 142 valence electrons. The van der Waals surface area contributed by atoms with Crippen LogP contribution >= 0.6 is 0 Å². The second-order valence-electron chi connectivity index (χ2n) is 9.19. The largest absolute Gasteiger partial charge is 0.390 e. The smallest absolute Gasteiger partial charge is 0.251 e. The fourth-order valence-electron chi connectivity index (χ4n) is 6.49. The molecular weight excluding hydrogens is 330 g/mol. The first-order valence-corrected chi connectivity index (χ1v) is 9.83. The van der Waals surface area contributed by atoms with Crippen molar-refractivity contribution in [3.8, 4) is 0 Å². The van der Waals surface area contributed by atoms with Gasteiger partial charge in [-0.05, 0) is 56.8 Å². The van der Waals surface area contributed by atoms with E-state index >= 15 is 0 Å². The molecule has 0 aromatic carbocycles. The monoisotopic (exact) mass is 359 g/mol. The van der Waals surface area contributed by atoms with Crippen LogP contribution in [-0.4, -0.2) is 33.1 Å². The van der Waals surface area contributed by atoms with Gasteiger partial charge in [-0.25, -0.2) is 4.98 Å². The Morgan fingerprint density at radius 2 is 2.15 bits per heavy atom. The molecule has 0 aliphatic heterocycles. The van der Waals surface area contributed by atoms with Crippen molar-refractivity contribution >= 4 is 5.91 Å². The number of H-pyrrole nitrogens is 1. The van der Waals surface area contributed by atoms with E-state index in [1.54, 1.807) is 6.92 Å². The minimum atomic E-state index is -0.655. The Kier molecular flexibility index (Phi) is 4.03. The first-order chi connectivity index (χ1) is 12.3. The van der Waals surface area contributed by atoms with E-state index in [-0.39, 0.29) is 16.9 Å². The quantitative estimate of drug-likeness (QED) is 0.748. The van der Waals surface area contributed by atoms with Crippen LogP contribution in [0.1, 0.15) is 63.4 Å². The van der Waals surface area contributed by atoms with Crippen LogP contribution in [0.4, 0.5) is 0 Å². The summed E-state index contributed by atoms with van der Waals surface area (Å²) in [6.45, 7) is 4.42. The summed E-state index contributed by atoms with van der Waals surface area (Å²) >= 11 is 0. The molecule has 6 nitrogen and oxygen atoms in total. The van der Waals surface area contributed by atoms with Gasteiger partial charge in [-0.15, -0.1) is 0 Å². The lowest BCUT2D eigenvalue weighted by Gasteiger charge is -2.64. The summed E-state index contributed by atoms with van der Waals surface area (Å²) in [6, 6.07) is 1.48. The Morgan fingerprint density at radius 3 is 2.85 bits per heavy atom. The highest BCUT2D eigenvalue weighted by Gasteiger charge is 2.64. The minimum absolute atomic E-state index is 0.0828. The average molecular weight is 359 g/mol. The van der Waals surface area contributed by atoms with Crippen molar-refractivity contribution in [3.63, 3.8) is 0 Å². The Morgan fingerprint density at radius 1 is 1.35 bits per heavy atom. The molecule has 4 atom stereocenters. The van der Waals surface area contributed by atoms with Gasteiger partial charge < -0.3 is 15.4 Å². The molecule has 0 radical (unpaired) electrons. The number of carbonyl (C=O) groups is 1. The van der Waals surface area contributed by atoms with Crippen LogP contribution < -0.4 is 10.9 Å². The number of aliphatic hydroxyl groups is 1. The van der Waals surface area contributed by atoms with Crippen molar-refractivity contribution in [1.82, 2.24) is 15.3 Å². The molecule has 4 aliphatic rings. The van der Waals surface area contributed by atoms with Crippen molar-refractivity contribution in [2.24, 2.45) is 16.7 Å². The zero-order valence-electron chi connectivity index (χ0n) is 15.7.